The van der Waals surface area contributed by atoms with Crippen LogP contribution in [0.3, 0.4) is 0 Å². The fourth-order valence-electron chi connectivity index (χ4n) is 5.12. The highest BCUT2D eigenvalue weighted by Crippen LogP contribution is 2.32. The summed E-state index contributed by atoms with van der Waals surface area (Å²) in [6, 6.07) is 8.44. The van der Waals surface area contributed by atoms with Crippen LogP contribution in [0.4, 0.5) is 10.3 Å². The van der Waals surface area contributed by atoms with Gasteiger partial charge in [-0.05, 0) is 61.6 Å². The van der Waals surface area contributed by atoms with E-state index in [-0.39, 0.29) is 18.5 Å². The number of anilines is 1. The van der Waals surface area contributed by atoms with Crippen molar-refractivity contribution in [2.45, 2.75) is 51.4 Å². The Labute approximate surface area is 236 Å². The number of rotatable bonds is 8. The van der Waals surface area contributed by atoms with E-state index < -0.39 is 30.4 Å². The molecule has 9 nitrogen and oxygen atoms in total. The molecule has 3 N–H and O–H groups in total. The average molecular weight is 568 g/mol. The monoisotopic (exact) mass is 567 g/mol. The van der Waals surface area contributed by atoms with Gasteiger partial charge in [0.25, 0.3) is 5.91 Å². The molecule has 0 radical (unpaired) electrons. The zero-order chi connectivity index (χ0) is 28.4. The van der Waals surface area contributed by atoms with Crippen molar-refractivity contribution in [3.05, 3.63) is 75.7 Å². The van der Waals surface area contributed by atoms with Crippen LogP contribution < -0.4 is 10.6 Å². The number of aliphatic hydroxyl groups is 1. The number of benzene rings is 2. The highest BCUT2D eigenvalue weighted by Gasteiger charge is 2.37. The molecule has 1 aromatic heterocycles. The first-order valence-electron chi connectivity index (χ1n) is 13.2. The topological polar surface area (TPSA) is 117 Å². The second-order valence-electron chi connectivity index (χ2n) is 10.2. The number of hydrogen-bond acceptors (Lipinski definition) is 7. The van der Waals surface area contributed by atoms with Crippen LogP contribution in [0.1, 0.15) is 52.9 Å². The number of hydrogen-bond donors (Lipinski definition) is 3. The van der Waals surface area contributed by atoms with Crippen molar-refractivity contribution in [1.82, 2.24) is 20.2 Å². The number of nitrogens with one attached hydrogen (secondary N) is 2. The van der Waals surface area contributed by atoms with Crippen LogP contribution in [0.2, 0.25) is 5.02 Å². The Kier molecular flexibility index (Phi) is 8.30. The van der Waals surface area contributed by atoms with Gasteiger partial charge in [0.05, 0.1) is 29.6 Å². The average Bonchev–Trinajstić information content (AvgIpc) is 3.25. The van der Waals surface area contributed by atoms with Gasteiger partial charge in [0.2, 0.25) is 11.9 Å². The van der Waals surface area contributed by atoms with Crippen molar-refractivity contribution in [1.29, 1.82) is 0 Å². The standard InChI is InChI=1S/C29H31ClFN5O4/c1-16-9-20(11-21(31)10-16)17(2)33-27(38)25(15-37)36-14-19-4-3-18(12-23(19)28(36)39)26-24(30)13-32-29(35-26)34-22-5-7-40-8-6-22/h3-4,9-13,17,22,25,37H,5-8,14-15H2,1-2H3,(H,33,38)(H,32,34,35)/t17-,25-/m1/s1. The summed E-state index contributed by atoms with van der Waals surface area (Å²) in [4.78, 5) is 36.8. The summed E-state index contributed by atoms with van der Waals surface area (Å²) in [5.41, 5.74) is 3.57. The minimum atomic E-state index is -1.11. The van der Waals surface area contributed by atoms with Crippen LogP contribution in [0.15, 0.2) is 42.6 Å². The van der Waals surface area contributed by atoms with E-state index in [1.54, 1.807) is 32.0 Å². The molecule has 2 aromatic carbocycles. The summed E-state index contributed by atoms with van der Waals surface area (Å²) in [5.74, 6) is -0.863. The summed E-state index contributed by atoms with van der Waals surface area (Å²) in [6.45, 7) is 4.45. The second-order valence-corrected chi connectivity index (χ2v) is 10.6. The van der Waals surface area contributed by atoms with Crippen molar-refractivity contribution in [2.24, 2.45) is 0 Å². The van der Waals surface area contributed by atoms with E-state index in [0.29, 0.717) is 46.6 Å². The Morgan fingerprint density at radius 2 is 2.02 bits per heavy atom. The van der Waals surface area contributed by atoms with E-state index in [1.807, 2.05) is 6.07 Å². The fourth-order valence-corrected chi connectivity index (χ4v) is 5.32. The molecule has 11 heteroatoms. The molecule has 0 unspecified atom stereocenters. The maximum Gasteiger partial charge on any atom is 0.255 e. The van der Waals surface area contributed by atoms with Crippen molar-refractivity contribution in [3.8, 4) is 11.3 Å². The summed E-state index contributed by atoms with van der Waals surface area (Å²) < 4.78 is 19.3. The summed E-state index contributed by atoms with van der Waals surface area (Å²) in [6.07, 6.45) is 3.23. The van der Waals surface area contributed by atoms with Crippen LogP contribution in [-0.2, 0) is 16.1 Å². The Hall–Kier alpha value is -3.60. The quantitative estimate of drug-likeness (QED) is 0.376. The van der Waals surface area contributed by atoms with Gasteiger partial charge in [-0.15, -0.1) is 0 Å². The van der Waals surface area contributed by atoms with Crippen molar-refractivity contribution >= 4 is 29.4 Å². The molecule has 0 bridgehead atoms. The highest BCUT2D eigenvalue weighted by atomic mass is 35.5. The molecule has 1 saturated heterocycles. The summed E-state index contributed by atoms with van der Waals surface area (Å²) in [7, 11) is 0. The third-order valence-electron chi connectivity index (χ3n) is 7.29. The normalized spacial score (nSPS) is 16.9. The van der Waals surface area contributed by atoms with Crippen molar-refractivity contribution in [3.63, 3.8) is 0 Å². The minimum Gasteiger partial charge on any atom is -0.394 e. The molecule has 210 valence electrons. The number of halogens is 2. The zero-order valence-corrected chi connectivity index (χ0v) is 23.0. The van der Waals surface area contributed by atoms with Gasteiger partial charge in [-0.1, -0.05) is 29.8 Å². The van der Waals surface area contributed by atoms with Crippen LogP contribution in [-0.4, -0.2) is 63.7 Å². The van der Waals surface area contributed by atoms with Gasteiger partial charge in [-0.3, -0.25) is 9.59 Å². The van der Waals surface area contributed by atoms with Gasteiger partial charge in [-0.2, -0.15) is 0 Å². The highest BCUT2D eigenvalue weighted by molar-refractivity contribution is 6.33. The number of carbonyl (C=O) groups excluding carboxylic acids is 2. The Morgan fingerprint density at radius 1 is 1.25 bits per heavy atom. The van der Waals surface area contributed by atoms with E-state index in [9.17, 15) is 19.1 Å². The maximum absolute atomic E-state index is 13.9. The van der Waals surface area contributed by atoms with Crippen LogP contribution >= 0.6 is 11.6 Å². The molecule has 0 spiro atoms. The predicted molar refractivity (Wildman–Crippen MR) is 148 cm³/mol. The third-order valence-corrected chi connectivity index (χ3v) is 7.57. The molecule has 1 fully saturated rings. The van der Waals surface area contributed by atoms with Crippen molar-refractivity contribution in [2.75, 3.05) is 25.1 Å². The molecule has 2 aliphatic rings. The van der Waals surface area contributed by atoms with E-state index in [2.05, 4.69) is 20.6 Å². The number of aryl methyl sites for hydroxylation is 1. The molecule has 3 aromatic rings. The fraction of sp³-hybridized carbons (Fsp3) is 0.379. The lowest BCUT2D eigenvalue weighted by atomic mass is 10.0. The Bertz CT molecular complexity index is 1410. The number of amides is 2. The first-order valence-corrected chi connectivity index (χ1v) is 13.6. The lowest BCUT2D eigenvalue weighted by Crippen LogP contribution is -2.49. The van der Waals surface area contributed by atoms with E-state index in [1.165, 1.54) is 23.2 Å². The Balaban J connectivity index is 1.32. The van der Waals surface area contributed by atoms with E-state index in [4.69, 9.17) is 16.3 Å². The number of aromatic nitrogens is 2. The number of nitrogens with zero attached hydrogens (tertiary/aromatic N) is 3. The van der Waals surface area contributed by atoms with Crippen LogP contribution in [0.25, 0.3) is 11.3 Å². The molecule has 0 saturated carbocycles. The smallest absolute Gasteiger partial charge is 0.255 e. The molecule has 2 amide bonds. The van der Waals surface area contributed by atoms with E-state index in [0.717, 1.165) is 24.0 Å². The SMILES string of the molecule is Cc1cc(F)cc([C@@H](C)NC(=O)[C@@H](CO)N2Cc3ccc(-c4nc(NC5CCOCC5)ncc4Cl)cc3C2=O)c1. The largest absolute Gasteiger partial charge is 0.394 e. The summed E-state index contributed by atoms with van der Waals surface area (Å²) >= 11 is 6.44. The van der Waals surface area contributed by atoms with Gasteiger partial charge in [0, 0.05) is 36.9 Å². The molecule has 0 aliphatic carbocycles. The van der Waals surface area contributed by atoms with Gasteiger partial charge >= 0.3 is 0 Å². The number of carbonyl (C=O) groups is 2. The number of fused-ring (bicyclic) bond motifs is 1. The minimum absolute atomic E-state index is 0.161. The molecule has 2 aliphatic heterocycles. The molecule has 2 atom stereocenters. The van der Waals surface area contributed by atoms with Gasteiger partial charge in [-0.25, -0.2) is 14.4 Å². The third kappa shape index (κ3) is 5.94. The van der Waals surface area contributed by atoms with Crippen LogP contribution in [0.5, 0.6) is 0 Å². The Morgan fingerprint density at radius 3 is 2.75 bits per heavy atom. The van der Waals surface area contributed by atoms with Gasteiger partial charge in [0.15, 0.2) is 0 Å². The lowest BCUT2D eigenvalue weighted by Gasteiger charge is -2.27. The van der Waals surface area contributed by atoms with Crippen molar-refractivity contribution < 1.29 is 23.8 Å². The molecular weight excluding hydrogens is 537 g/mol. The predicted octanol–water partition coefficient (Wildman–Crippen LogP) is 4.03. The number of ether oxygens (including phenoxy) is 1. The molecule has 5 rings (SSSR count). The first kappa shape index (κ1) is 27.9. The zero-order valence-electron chi connectivity index (χ0n) is 22.3. The van der Waals surface area contributed by atoms with Gasteiger partial charge in [0.1, 0.15) is 11.9 Å². The second kappa shape index (κ2) is 11.9. The first-order chi connectivity index (χ1) is 19.2. The summed E-state index contributed by atoms with van der Waals surface area (Å²) in [5, 5.41) is 16.6. The molecular formula is C29H31ClFN5O4. The van der Waals surface area contributed by atoms with E-state index >= 15 is 0 Å². The maximum atomic E-state index is 13.9. The van der Waals surface area contributed by atoms with Crippen LogP contribution in [0, 0.1) is 12.7 Å². The lowest BCUT2D eigenvalue weighted by molar-refractivity contribution is -0.127. The number of aliphatic hydroxyl groups excluding tert-OH is 1. The molecule has 3 heterocycles. The van der Waals surface area contributed by atoms with Gasteiger partial charge < -0.3 is 25.4 Å². The molecule has 40 heavy (non-hydrogen) atoms.